The standard InChI is InChI=1S/C23H32N4O3/c1-7-27-17-11-9-8-10-14(17)19(25-27)23(5,6)24-20(28)18-15-12-26(13-16(15)18)21(29)30-22(2,3)4/h8-11,15-16,18H,7,12-13H2,1-6H3,(H,24,28). The molecule has 162 valence electrons. The van der Waals surface area contributed by atoms with Gasteiger partial charge in [-0.15, -0.1) is 0 Å². The highest BCUT2D eigenvalue weighted by atomic mass is 16.6. The fraction of sp³-hybridized carbons (Fsp3) is 0.609. The topological polar surface area (TPSA) is 76.5 Å². The van der Waals surface area contributed by atoms with Crippen molar-refractivity contribution in [3.05, 3.63) is 30.0 Å². The summed E-state index contributed by atoms with van der Waals surface area (Å²) >= 11 is 0. The molecule has 2 aliphatic rings. The molecule has 2 amide bonds. The molecule has 4 rings (SSSR count). The van der Waals surface area contributed by atoms with E-state index < -0.39 is 11.1 Å². The smallest absolute Gasteiger partial charge is 0.410 e. The molecule has 1 aromatic carbocycles. The summed E-state index contributed by atoms with van der Waals surface area (Å²) < 4.78 is 7.43. The van der Waals surface area contributed by atoms with Gasteiger partial charge in [-0.25, -0.2) is 4.79 Å². The number of ether oxygens (including phenoxy) is 1. The van der Waals surface area contributed by atoms with Crippen molar-refractivity contribution >= 4 is 22.9 Å². The van der Waals surface area contributed by atoms with Crippen LogP contribution >= 0.6 is 0 Å². The van der Waals surface area contributed by atoms with E-state index in [1.54, 1.807) is 4.90 Å². The normalized spacial score (nSPS) is 23.4. The summed E-state index contributed by atoms with van der Waals surface area (Å²) in [5, 5.41) is 9.08. The molecule has 1 N–H and O–H groups in total. The first kappa shape index (κ1) is 20.7. The van der Waals surface area contributed by atoms with E-state index in [4.69, 9.17) is 9.84 Å². The van der Waals surface area contributed by atoms with E-state index in [9.17, 15) is 9.59 Å². The Morgan fingerprint density at radius 3 is 2.37 bits per heavy atom. The molecule has 0 spiro atoms. The maximum Gasteiger partial charge on any atom is 0.410 e. The van der Waals surface area contributed by atoms with Crippen LogP contribution < -0.4 is 5.32 Å². The van der Waals surface area contributed by atoms with Gasteiger partial charge in [-0.05, 0) is 59.4 Å². The highest BCUT2D eigenvalue weighted by Gasteiger charge is 2.61. The van der Waals surface area contributed by atoms with Crippen molar-refractivity contribution in [2.45, 2.75) is 59.2 Å². The first-order valence-corrected chi connectivity index (χ1v) is 10.8. The molecule has 1 saturated carbocycles. The second kappa shape index (κ2) is 7.00. The van der Waals surface area contributed by atoms with Crippen LogP contribution in [-0.4, -0.2) is 45.4 Å². The van der Waals surface area contributed by atoms with Gasteiger partial charge in [0.05, 0.1) is 16.7 Å². The van der Waals surface area contributed by atoms with Gasteiger partial charge < -0.3 is 15.0 Å². The number of amides is 2. The van der Waals surface area contributed by atoms with E-state index in [1.807, 2.05) is 51.4 Å². The van der Waals surface area contributed by atoms with Crippen molar-refractivity contribution in [2.75, 3.05) is 13.1 Å². The molecule has 7 heteroatoms. The maximum atomic E-state index is 13.0. The molecule has 7 nitrogen and oxygen atoms in total. The highest BCUT2D eigenvalue weighted by Crippen LogP contribution is 2.52. The SMILES string of the molecule is CCn1nc(C(C)(C)NC(=O)C2C3CN(C(=O)OC(C)(C)C)CC32)c2ccccc21. The number of nitrogens with one attached hydrogen (secondary N) is 1. The molecule has 0 bridgehead atoms. The minimum Gasteiger partial charge on any atom is -0.444 e. The van der Waals surface area contributed by atoms with Gasteiger partial charge in [-0.2, -0.15) is 5.10 Å². The number of hydrogen-bond donors (Lipinski definition) is 1. The molecule has 1 aliphatic carbocycles. The van der Waals surface area contributed by atoms with Gasteiger partial charge in [0.15, 0.2) is 0 Å². The Balaban J connectivity index is 1.42. The Kier molecular flexibility index (Phi) is 4.83. The van der Waals surface area contributed by atoms with Crippen molar-refractivity contribution in [3.8, 4) is 0 Å². The van der Waals surface area contributed by atoms with E-state index in [2.05, 4.69) is 24.4 Å². The van der Waals surface area contributed by atoms with Crippen molar-refractivity contribution < 1.29 is 14.3 Å². The van der Waals surface area contributed by atoms with Gasteiger partial charge in [0.2, 0.25) is 5.91 Å². The third-order valence-electron chi connectivity index (χ3n) is 6.13. The summed E-state index contributed by atoms with van der Waals surface area (Å²) in [5.41, 5.74) is 0.872. The average molecular weight is 413 g/mol. The van der Waals surface area contributed by atoms with Crippen LogP contribution in [-0.2, 0) is 21.6 Å². The van der Waals surface area contributed by atoms with Crippen LogP contribution in [0.3, 0.4) is 0 Å². The number of aryl methyl sites for hydroxylation is 1. The van der Waals surface area contributed by atoms with E-state index in [-0.39, 0.29) is 29.8 Å². The van der Waals surface area contributed by atoms with Crippen LogP contribution in [0.15, 0.2) is 24.3 Å². The summed E-state index contributed by atoms with van der Waals surface area (Å²) in [7, 11) is 0. The molecule has 30 heavy (non-hydrogen) atoms. The lowest BCUT2D eigenvalue weighted by molar-refractivity contribution is -0.125. The van der Waals surface area contributed by atoms with Gasteiger partial charge in [-0.3, -0.25) is 9.48 Å². The Morgan fingerprint density at radius 2 is 1.77 bits per heavy atom. The second-order valence-corrected chi connectivity index (χ2v) is 10.0. The number of benzene rings is 1. The van der Waals surface area contributed by atoms with Crippen LogP contribution in [0, 0.1) is 17.8 Å². The van der Waals surface area contributed by atoms with Crippen LogP contribution in [0.5, 0.6) is 0 Å². The first-order chi connectivity index (χ1) is 14.0. The third-order valence-corrected chi connectivity index (χ3v) is 6.13. The van der Waals surface area contributed by atoms with Gasteiger partial charge >= 0.3 is 6.09 Å². The van der Waals surface area contributed by atoms with Gasteiger partial charge in [0, 0.05) is 30.9 Å². The molecule has 2 unspecified atom stereocenters. The van der Waals surface area contributed by atoms with Crippen LogP contribution in [0.2, 0.25) is 0 Å². The average Bonchev–Trinajstić information content (AvgIpc) is 3.01. The number of carbonyl (C=O) groups is 2. The summed E-state index contributed by atoms with van der Waals surface area (Å²) in [5.74, 6) is 0.452. The van der Waals surface area contributed by atoms with Gasteiger partial charge in [0.1, 0.15) is 5.60 Å². The zero-order valence-electron chi connectivity index (χ0n) is 18.7. The van der Waals surface area contributed by atoms with E-state index >= 15 is 0 Å². The van der Waals surface area contributed by atoms with Crippen molar-refractivity contribution in [1.29, 1.82) is 0 Å². The van der Waals surface area contributed by atoms with E-state index in [0.717, 1.165) is 23.1 Å². The number of rotatable bonds is 4. The number of fused-ring (bicyclic) bond motifs is 2. The molecule has 2 atom stereocenters. The Bertz CT molecular complexity index is 976. The van der Waals surface area contributed by atoms with Gasteiger partial charge in [0.25, 0.3) is 0 Å². The predicted molar refractivity (Wildman–Crippen MR) is 115 cm³/mol. The fourth-order valence-electron chi connectivity index (χ4n) is 4.67. The minimum atomic E-state index is -0.584. The molecular weight excluding hydrogens is 380 g/mol. The largest absolute Gasteiger partial charge is 0.444 e. The molecule has 0 radical (unpaired) electrons. The van der Waals surface area contributed by atoms with Crippen LogP contribution in [0.1, 0.15) is 47.2 Å². The number of para-hydroxylation sites is 1. The monoisotopic (exact) mass is 412 g/mol. The highest BCUT2D eigenvalue weighted by molar-refractivity contribution is 5.86. The molecule has 1 aliphatic heterocycles. The predicted octanol–water partition coefficient (Wildman–Crippen LogP) is 3.52. The van der Waals surface area contributed by atoms with Crippen molar-refractivity contribution in [3.63, 3.8) is 0 Å². The summed E-state index contributed by atoms with van der Waals surface area (Å²) in [4.78, 5) is 27.0. The van der Waals surface area contributed by atoms with Gasteiger partial charge in [-0.1, -0.05) is 18.2 Å². The van der Waals surface area contributed by atoms with Crippen LogP contribution in [0.4, 0.5) is 4.79 Å². The second-order valence-electron chi connectivity index (χ2n) is 10.0. The van der Waals surface area contributed by atoms with E-state index in [1.165, 1.54) is 0 Å². The number of likely N-dealkylation sites (tertiary alicyclic amines) is 1. The molecule has 2 aromatic rings. The Labute approximate surface area is 177 Å². The summed E-state index contributed by atoms with van der Waals surface area (Å²) in [6.07, 6.45) is -0.286. The molecular formula is C23H32N4O3. The zero-order chi connectivity index (χ0) is 21.8. The number of piperidine rings is 1. The summed E-state index contributed by atoms with van der Waals surface area (Å²) in [6.45, 7) is 13.6. The van der Waals surface area contributed by atoms with E-state index in [0.29, 0.717) is 13.1 Å². The Hall–Kier alpha value is -2.57. The maximum absolute atomic E-state index is 13.0. The van der Waals surface area contributed by atoms with Crippen LogP contribution in [0.25, 0.3) is 10.9 Å². The third kappa shape index (κ3) is 3.66. The lowest BCUT2D eigenvalue weighted by Crippen LogP contribution is -2.44. The molecule has 2 fully saturated rings. The Morgan fingerprint density at radius 1 is 1.13 bits per heavy atom. The molecule has 1 aromatic heterocycles. The molecule has 1 saturated heterocycles. The number of nitrogens with zero attached hydrogens (tertiary/aromatic N) is 3. The van der Waals surface area contributed by atoms with Crippen molar-refractivity contribution in [2.24, 2.45) is 17.8 Å². The molecule has 2 heterocycles. The number of aromatic nitrogens is 2. The number of carbonyl (C=O) groups excluding carboxylic acids is 2. The first-order valence-electron chi connectivity index (χ1n) is 10.8. The summed E-state index contributed by atoms with van der Waals surface area (Å²) in [6, 6.07) is 8.13. The fourth-order valence-corrected chi connectivity index (χ4v) is 4.67. The van der Waals surface area contributed by atoms with Crippen molar-refractivity contribution in [1.82, 2.24) is 20.0 Å². The lowest BCUT2D eigenvalue weighted by Gasteiger charge is -2.27. The number of hydrogen-bond acceptors (Lipinski definition) is 4. The lowest BCUT2D eigenvalue weighted by atomic mass is 9.96. The quantitative estimate of drug-likeness (QED) is 0.834. The minimum absolute atomic E-state index is 0.0394. The zero-order valence-corrected chi connectivity index (χ0v) is 18.7.